The van der Waals surface area contributed by atoms with Gasteiger partial charge in [0.1, 0.15) is 5.82 Å². The van der Waals surface area contributed by atoms with Gasteiger partial charge in [0.2, 0.25) is 19.7 Å². The van der Waals surface area contributed by atoms with E-state index in [9.17, 15) is 21.2 Å². The van der Waals surface area contributed by atoms with Crippen molar-refractivity contribution in [1.82, 2.24) is 34.9 Å². The molecule has 2 aromatic heterocycles. The Morgan fingerprint density at radius 3 is 1.12 bits per heavy atom. The minimum absolute atomic E-state index is 0. The number of fused-ring (bicyclic) bond motifs is 2. The molecular weight excluding hydrogens is 1780 g/mol. The van der Waals surface area contributed by atoms with Crippen LogP contribution >= 0.6 is 0 Å². The number of sulfone groups is 2. The first kappa shape index (κ1) is 90.9. The summed E-state index contributed by atoms with van der Waals surface area (Å²) in [5.41, 5.74) is 8.49. The number of halogens is 1. The van der Waals surface area contributed by atoms with Crippen LogP contribution in [0.1, 0.15) is 121 Å². The van der Waals surface area contributed by atoms with E-state index in [1.54, 1.807) is 153 Å². The van der Waals surface area contributed by atoms with Crippen LogP contribution in [0.3, 0.4) is 0 Å². The Bertz CT molecular complexity index is 4840. The molecular formula is C73H97FN8O4S22. The van der Waals surface area contributed by atoms with Crippen molar-refractivity contribution in [3.8, 4) is 0 Å². The van der Waals surface area contributed by atoms with E-state index in [0.29, 0.717) is 21.6 Å². The zero-order valence-electron chi connectivity index (χ0n) is 59.7. The molecule has 35 heteroatoms. The van der Waals surface area contributed by atoms with Crippen LogP contribution in [-0.4, -0.2) is 138 Å². The lowest BCUT2D eigenvalue weighted by Crippen LogP contribution is -2.57. The fourth-order valence-electron chi connectivity index (χ4n) is 17.4. The molecule has 4 saturated heterocycles. The Morgan fingerprint density at radius 2 is 0.769 bits per heavy atom. The minimum atomic E-state index is -3.56. The van der Waals surface area contributed by atoms with Crippen molar-refractivity contribution in [2.75, 3.05) is 96.5 Å². The van der Waals surface area contributed by atoms with E-state index >= 15 is 0 Å². The summed E-state index contributed by atoms with van der Waals surface area (Å²) < 4.78 is 62.5. The van der Waals surface area contributed by atoms with Crippen LogP contribution in [0.4, 0.5) is 10.1 Å². The van der Waals surface area contributed by atoms with Crippen LogP contribution in [0.5, 0.6) is 0 Å². The first-order valence-corrected chi connectivity index (χ1v) is 63.0. The number of pyridine rings is 2. The Morgan fingerprint density at radius 1 is 0.435 bits per heavy atom. The van der Waals surface area contributed by atoms with E-state index in [1.165, 1.54) is 234 Å². The molecule has 2 aliphatic carbocycles. The number of piperidine rings is 2. The highest BCUT2D eigenvalue weighted by Crippen LogP contribution is 2.55. The molecule has 0 bridgehead atoms. The van der Waals surface area contributed by atoms with Crippen LogP contribution in [0, 0.1) is 41.3 Å². The smallest absolute Gasteiger partial charge is 0.206 e. The van der Waals surface area contributed by atoms with Gasteiger partial charge < -0.3 is 20.0 Å². The number of likely N-dealkylation sites (tertiary alicyclic amines) is 2. The predicted octanol–water partition coefficient (Wildman–Crippen LogP) is 12.5. The Kier molecular flexibility index (Phi) is 39.9. The van der Waals surface area contributed by atoms with Crippen LogP contribution < -0.4 is 10.2 Å². The third-order valence-corrected chi connectivity index (χ3v) is 57.0. The summed E-state index contributed by atoms with van der Waals surface area (Å²) in [6.45, 7) is 24.0. The Hall–Kier alpha value is -0.990. The van der Waals surface area contributed by atoms with Crippen molar-refractivity contribution in [3.63, 3.8) is 0 Å². The van der Waals surface area contributed by atoms with Crippen molar-refractivity contribution in [1.29, 1.82) is 0 Å². The lowest BCUT2D eigenvalue weighted by Gasteiger charge is -2.54. The first-order chi connectivity index (χ1) is 52.2. The molecule has 0 radical (unpaired) electrons. The van der Waals surface area contributed by atoms with E-state index in [0.717, 1.165) is 80.1 Å². The number of anilines is 1. The van der Waals surface area contributed by atoms with Crippen LogP contribution in [0.15, 0.2) is 166 Å². The highest BCUT2D eigenvalue weighted by atomic mass is 33.4. The van der Waals surface area contributed by atoms with Crippen molar-refractivity contribution in [3.05, 3.63) is 174 Å². The van der Waals surface area contributed by atoms with Crippen molar-refractivity contribution in [2.24, 2.45) is 35.5 Å². The molecule has 108 heavy (non-hydrogen) atoms. The van der Waals surface area contributed by atoms with Crippen LogP contribution in [-0.2, 0) is 230 Å². The summed E-state index contributed by atoms with van der Waals surface area (Å²) in [7, 11) is 18.3. The van der Waals surface area contributed by atoms with Gasteiger partial charge in [0.05, 0.1) is 19.6 Å². The number of nitrogens with zero attached hydrogens (tertiary/aromatic N) is 7. The molecule has 6 aliphatic heterocycles. The summed E-state index contributed by atoms with van der Waals surface area (Å²) in [6.07, 6.45) is 22.7. The Labute approximate surface area is 707 Å². The van der Waals surface area contributed by atoms with Gasteiger partial charge >= 0.3 is 0 Å². The summed E-state index contributed by atoms with van der Waals surface area (Å²) in [4.78, 5) is 21.9. The van der Waals surface area contributed by atoms with Gasteiger partial charge in [-0.15, -0.1) is 0 Å². The number of rotatable bonds is 15. The fraction of sp³-hybridized carbons (Fsp3) is 0.534. The van der Waals surface area contributed by atoms with Crippen LogP contribution in [0.2, 0.25) is 0 Å². The van der Waals surface area contributed by atoms with Crippen molar-refractivity contribution < 1.29 is 21.2 Å². The molecule has 6 fully saturated rings. The molecule has 592 valence electrons. The molecule has 12 nitrogen and oxygen atoms in total. The number of aromatic nitrogens is 2. The normalized spacial score (nSPS) is 20.8. The summed E-state index contributed by atoms with van der Waals surface area (Å²) >= 11 is 18.6. The number of likely N-dealkylation sites (N-methyl/N-ethyl adjacent to an activating group) is 2. The molecule has 14 rings (SSSR count). The van der Waals surface area contributed by atoms with Gasteiger partial charge in [0.25, 0.3) is 0 Å². The average molecular weight is 1880 g/mol. The molecule has 0 spiro atoms. The molecule has 8 aliphatic rings. The van der Waals surface area contributed by atoms with E-state index in [2.05, 4.69) is 147 Å². The van der Waals surface area contributed by atoms with Gasteiger partial charge in [-0.1, -0.05) is 95.5 Å². The second-order valence-corrected chi connectivity index (χ2v) is 60.0. The number of hydrogen-bond acceptors (Lipinski definition) is 16. The number of hydrogen-bond donors (Lipinski definition) is 1. The van der Waals surface area contributed by atoms with Gasteiger partial charge in [0.15, 0.2) is 0 Å². The number of nitrogens with one attached hydrogen (secondary N) is 1. The number of benzene rings is 4. The second-order valence-electron chi connectivity index (χ2n) is 27.8. The monoisotopic (exact) mass is 1870 g/mol. The van der Waals surface area contributed by atoms with E-state index in [1.807, 2.05) is 12.1 Å². The largest absolute Gasteiger partial charge is 0.371 e. The standard InChI is InChI=1S/C36H46N4O2S.C25H39N3.C11H8FNO2S.CH4.S11.S9/c1-2-38-26-29-7-3-6-10-35(29)36(27-38,30-8-4-5-9-30)31-17-21-39(22-18-31)23-28-24-40(25-28)32-11-13-33(14-12-32)43(41,42)34-15-19-37-20-16-34;1-2-27-18-21-7-3-6-10-24(21)25(19-27,22-8-4-5-9-22)23-11-13-28(14-12-23)17-20-15-26-16-20;12-9-1-3-10(4-2-9)16(14,15)11-5-7-13-8-6-11;;1-3-5-7-9-11-10-8-6-4-2;1-3-5-7-9-8-6-4-2/h3,6-7,10-16,19-20,28,30-31H,2,4-5,8-9,17-18,21-27H2,1H3;3,6-7,10,20,22-23,26H,2,4-5,8-9,11-19H2,1H3;1-8H;1H4;;. The van der Waals surface area contributed by atoms with E-state index < -0.39 is 25.5 Å². The third-order valence-electron chi connectivity index (χ3n) is 22.3. The van der Waals surface area contributed by atoms with Crippen molar-refractivity contribution >= 4 is 212 Å². The van der Waals surface area contributed by atoms with Crippen molar-refractivity contribution in [2.45, 2.75) is 142 Å². The van der Waals surface area contributed by atoms with Gasteiger partial charge in [-0.25, -0.2) is 21.2 Å². The summed E-state index contributed by atoms with van der Waals surface area (Å²) in [6, 6.07) is 37.0. The lowest BCUT2D eigenvalue weighted by molar-refractivity contribution is 0.0348. The first-order valence-electron chi connectivity index (χ1n) is 36.0. The minimum Gasteiger partial charge on any atom is -0.371 e. The molecule has 0 amide bonds. The molecule has 2 atom stereocenters. The zero-order valence-corrected chi connectivity index (χ0v) is 77.7. The summed E-state index contributed by atoms with van der Waals surface area (Å²) in [5, 5.41) is 3.44. The molecule has 2 unspecified atom stereocenters. The van der Waals surface area contributed by atoms with Gasteiger partial charge in [0, 0.05) is 300 Å². The molecule has 4 aromatic carbocycles. The highest BCUT2D eigenvalue weighted by molar-refractivity contribution is 8.74. The van der Waals surface area contributed by atoms with Crippen LogP contribution in [0.25, 0.3) is 0 Å². The molecule has 8 heterocycles. The fourth-order valence-corrected chi connectivity index (χ4v) is 52.8. The second kappa shape index (κ2) is 47.4. The predicted molar refractivity (Wildman–Crippen MR) is 499 cm³/mol. The third kappa shape index (κ3) is 25.0. The maximum absolute atomic E-state index is 12.9. The molecule has 2 saturated carbocycles. The topological polar surface area (TPSA) is 122 Å². The SMILES string of the molecule is C.CCN1Cc2ccccc2C(C2CCCC2)(C2CCN(CC3CN(c4ccc(S(=O)(=O)c5ccncc5)cc4)C3)CC2)C1.CCN1Cc2ccccc2C(C2CCCC2)(C2CCN(CC3CNC3)CC2)C1.O=S(=O)(c1ccncc1)c1ccc(F)cc1.S=S=S=S=S=S=S=S=S.S=S=S=S=S=S=S=S=S=S=S. The van der Waals surface area contributed by atoms with Gasteiger partial charge in [-0.3, -0.25) is 19.8 Å². The quantitative estimate of drug-likeness (QED) is 0.0981. The average Bonchev–Trinajstić information content (AvgIpc) is 1.23. The molecule has 1 N–H and O–H groups in total. The van der Waals surface area contributed by atoms with E-state index in [-0.39, 0.29) is 22.1 Å². The Balaban J connectivity index is 0.000000177. The summed E-state index contributed by atoms with van der Waals surface area (Å²) in [5.74, 6) is 4.47. The van der Waals surface area contributed by atoms with E-state index in [4.69, 9.17) is 0 Å². The van der Waals surface area contributed by atoms with Gasteiger partial charge in [-0.2, -0.15) is 0 Å². The molecule has 6 aromatic rings. The maximum Gasteiger partial charge on any atom is 0.206 e. The zero-order chi connectivity index (χ0) is 75.3. The van der Waals surface area contributed by atoms with Gasteiger partial charge in [-0.05, 0) is 215 Å². The lowest BCUT2D eigenvalue weighted by atomic mass is 9.57. The highest BCUT2D eigenvalue weighted by Gasteiger charge is 2.53. The maximum atomic E-state index is 12.9.